The van der Waals surface area contributed by atoms with Gasteiger partial charge in [-0.2, -0.15) is 4.37 Å². The highest BCUT2D eigenvalue weighted by Gasteiger charge is 2.30. The molecule has 0 amide bonds. The van der Waals surface area contributed by atoms with Gasteiger partial charge in [0.1, 0.15) is 10.8 Å². The van der Waals surface area contributed by atoms with E-state index in [1.54, 1.807) is 0 Å². The largest absolute Gasteiger partial charge is 0.383 e. The maximum Gasteiger partial charge on any atom is 0.142 e. The summed E-state index contributed by atoms with van der Waals surface area (Å²) < 4.78 is 4.27. The summed E-state index contributed by atoms with van der Waals surface area (Å²) in [6.07, 6.45) is 6.31. The molecule has 1 saturated carbocycles. The minimum Gasteiger partial charge on any atom is -0.383 e. The molecule has 2 rings (SSSR count). The number of nitrogens with zero attached hydrogens (tertiary/aromatic N) is 1. The third-order valence-electron chi connectivity index (χ3n) is 3.11. The molecule has 1 fully saturated rings. The van der Waals surface area contributed by atoms with Crippen molar-refractivity contribution in [1.82, 2.24) is 4.37 Å². The zero-order valence-electron chi connectivity index (χ0n) is 10.1. The fraction of sp³-hybridized carbons (Fsp3) is 0.750. The van der Waals surface area contributed by atoms with Crippen LogP contribution in [0.2, 0.25) is 0 Å². The predicted octanol–water partition coefficient (Wildman–Crippen LogP) is 3.59. The van der Waals surface area contributed by atoms with Gasteiger partial charge in [-0.05, 0) is 43.6 Å². The minimum atomic E-state index is 0.525. The summed E-state index contributed by atoms with van der Waals surface area (Å²) in [6, 6.07) is 0.525. The van der Waals surface area contributed by atoms with Crippen LogP contribution in [-0.4, -0.2) is 10.4 Å². The summed E-state index contributed by atoms with van der Waals surface area (Å²) in [7, 11) is 0. The Labute approximate surface area is 102 Å². The van der Waals surface area contributed by atoms with Crippen LogP contribution in [0, 0.1) is 0 Å². The molecule has 0 spiro atoms. The SMILES string of the molecule is CCCCC(C)Nc1snc(N)c1C1CC1. The molecule has 1 aliphatic rings. The van der Waals surface area contributed by atoms with E-state index >= 15 is 0 Å². The van der Waals surface area contributed by atoms with Crippen molar-refractivity contribution < 1.29 is 0 Å². The van der Waals surface area contributed by atoms with Crippen LogP contribution in [0.1, 0.15) is 57.4 Å². The molecule has 1 aliphatic carbocycles. The Balaban J connectivity index is 1.98. The van der Waals surface area contributed by atoms with Crippen molar-refractivity contribution in [3.63, 3.8) is 0 Å². The second kappa shape index (κ2) is 5.04. The van der Waals surface area contributed by atoms with Crippen LogP contribution in [0.25, 0.3) is 0 Å². The van der Waals surface area contributed by atoms with Gasteiger partial charge in [0.05, 0.1) is 0 Å². The molecule has 1 aromatic heterocycles. The van der Waals surface area contributed by atoms with Gasteiger partial charge in [0, 0.05) is 11.6 Å². The second-order valence-corrected chi connectivity index (χ2v) is 5.55. The van der Waals surface area contributed by atoms with E-state index in [0.29, 0.717) is 12.0 Å². The number of anilines is 2. The molecule has 4 heteroatoms. The fourth-order valence-corrected chi connectivity index (χ4v) is 2.90. The van der Waals surface area contributed by atoms with Crippen molar-refractivity contribution in [3.8, 4) is 0 Å². The van der Waals surface area contributed by atoms with Crippen molar-refractivity contribution in [1.29, 1.82) is 0 Å². The summed E-state index contributed by atoms with van der Waals surface area (Å²) in [4.78, 5) is 0. The van der Waals surface area contributed by atoms with E-state index in [1.807, 2.05) is 0 Å². The molecule has 1 unspecified atom stereocenters. The number of hydrogen-bond donors (Lipinski definition) is 2. The van der Waals surface area contributed by atoms with E-state index in [9.17, 15) is 0 Å². The molecule has 90 valence electrons. The van der Waals surface area contributed by atoms with Crippen molar-refractivity contribution >= 4 is 22.4 Å². The first kappa shape index (κ1) is 11.7. The third kappa shape index (κ3) is 2.67. The standard InChI is InChI=1S/C12H21N3S/c1-3-4-5-8(2)14-12-10(9-6-7-9)11(13)15-16-12/h8-9,14H,3-7H2,1-2H3,(H2,13,15). The van der Waals surface area contributed by atoms with Gasteiger partial charge in [-0.25, -0.2) is 0 Å². The lowest BCUT2D eigenvalue weighted by molar-refractivity contribution is 0.646. The van der Waals surface area contributed by atoms with Crippen molar-refractivity contribution in [2.75, 3.05) is 11.1 Å². The molecule has 1 atom stereocenters. The maximum atomic E-state index is 5.92. The van der Waals surface area contributed by atoms with Gasteiger partial charge >= 0.3 is 0 Å². The molecule has 0 saturated heterocycles. The van der Waals surface area contributed by atoms with Gasteiger partial charge in [0.15, 0.2) is 0 Å². The van der Waals surface area contributed by atoms with E-state index in [0.717, 1.165) is 5.82 Å². The number of nitrogens with one attached hydrogen (secondary N) is 1. The third-order valence-corrected chi connectivity index (χ3v) is 3.92. The van der Waals surface area contributed by atoms with Crippen LogP contribution in [-0.2, 0) is 0 Å². The number of rotatable bonds is 6. The van der Waals surface area contributed by atoms with Gasteiger partial charge in [-0.1, -0.05) is 19.8 Å². The zero-order valence-corrected chi connectivity index (χ0v) is 10.9. The van der Waals surface area contributed by atoms with Crippen LogP contribution in [0.15, 0.2) is 0 Å². The first-order chi connectivity index (χ1) is 7.72. The Bertz CT molecular complexity index is 344. The highest BCUT2D eigenvalue weighted by atomic mass is 32.1. The summed E-state index contributed by atoms with van der Waals surface area (Å²) in [6.45, 7) is 4.47. The monoisotopic (exact) mass is 239 g/mol. The Morgan fingerprint density at radius 2 is 2.31 bits per heavy atom. The molecule has 3 nitrogen and oxygen atoms in total. The molecule has 0 radical (unpaired) electrons. The Kier molecular flexibility index (Phi) is 3.69. The molecule has 0 aromatic carbocycles. The van der Waals surface area contributed by atoms with Crippen LogP contribution in [0.4, 0.5) is 10.8 Å². The van der Waals surface area contributed by atoms with E-state index in [4.69, 9.17) is 5.73 Å². The fourth-order valence-electron chi connectivity index (χ4n) is 1.99. The van der Waals surface area contributed by atoms with Gasteiger partial charge in [0.25, 0.3) is 0 Å². The first-order valence-corrected chi connectivity index (χ1v) is 7.01. The van der Waals surface area contributed by atoms with E-state index in [1.165, 1.54) is 54.2 Å². The predicted molar refractivity (Wildman–Crippen MR) is 71.1 cm³/mol. The smallest absolute Gasteiger partial charge is 0.142 e. The summed E-state index contributed by atoms with van der Waals surface area (Å²) >= 11 is 1.52. The first-order valence-electron chi connectivity index (χ1n) is 6.24. The van der Waals surface area contributed by atoms with Crippen LogP contribution in [0.3, 0.4) is 0 Å². The molecule has 0 bridgehead atoms. The average Bonchev–Trinajstić information content (AvgIpc) is 3.02. The zero-order chi connectivity index (χ0) is 11.5. The highest BCUT2D eigenvalue weighted by Crippen LogP contribution is 2.47. The molecule has 3 N–H and O–H groups in total. The van der Waals surface area contributed by atoms with Crippen molar-refractivity contribution in [2.45, 2.75) is 57.9 Å². The molecule has 0 aliphatic heterocycles. The van der Waals surface area contributed by atoms with Crippen molar-refractivity contribution in [3.05, 3.63) is 5.56 Å². The van der Waals surface area contributed by atoms with Crippen LogP contribution >= 0.6 is 11.5 Å². The van der Waals surface area contributed by atoms with E-state index in [-0.39, 0.29) is 0 Å². The number of hydrogen-bond acceptors (Lipinski definition) is 4. The molecule has 1 aromatic rings. The lowest BCUT2D eigenvalue weighted by atomic mass is 10.1. The van der Waals surface area contributed by atoms with Gasteiger partial charge in [-0.15, -0.1) is 0 Å². The van der Waals surface area contributed by atoms with Gasteiger partial charge in [0.2, 0.25) is 0 Å². The highest BCUT2D eigenvalue weighted by molar-refractivity contribution is 7.10. The summed E-state index contributed by atoms with van der Waals surface area (Å²) in [5, 5.41) is 4.78. The molecular weight excluding hydrogens is 218 g/mol. The number of nitrogen functional groups attached to an aromatic ring is 1. The Hall–Kier alpha value is -0.770. The van der Waals surface area contributed by atoms with Crippen LogP contribution in [0.5, 0.6) is 0 Å². The van der Waals surface area contributed by atoms with Gasteiger partial charge in [-0.3, -0.25) is 0 Å². The van der Waals surface area contributed by atoms with E-state index < -0.39 is 0 Å². The topological polar surface area (TPSA) is 50.9 Å². The number of unbranched alkanes of at least 4 members (excludes halogenated alkanes) is 1. The Morgan fingerprint density at radius 1 is 1.56 bits per heavy atom. The maximum absolute atomic E-state index is 5.92. The number of nitrogens with two attached hydrogens (primary N) is 1. The normalized spacial score (nSPS) is 17.4. The molecular formula is C12H21N3S. The van der Waals surface area contributed by atoms with Gasteiger partial charge < -0.3 is 11.1 Å². The van der Waals surface area contributed by atoms with Crippen molar-refractivity contribution in [2.24, 2.45) is 0 Å². The minimum absolute atomic E-state index is 0.525. The average molecular weight is 239 g/mol. The molecule has 1 heterocycles. The quantitative estimate of drug-likeness (QED) is 0.797. The summed E-state index contributed by atoms with van der Waals surface area (Å²) in [5.74, 6) is 1.43. The number of aromatic nitrogens is 1. The second-order valence-electron chi connectivity index (χ2n) is 4.77. The summed E-state index contributed by atoms with van der Waals surface area (Å²) in [5.41, 5.74) is 7.20. The van der Waals surface area contributed by atoms with Crippen LogP contribution < -0.4 is 11.1 Å². The Morgan fingerprint density at radius 3 is 2.94 bits per heavy atom. The molecule has 16 heavy (non-hydrogen) atoms. The lowest BCUT2D eigenvalue weighted by Crippen LogP contribution is -2.14. The van der Waals surface area contributed by atoms with E-state index in [2.05, 4.69) is 23.5 Å². The lowest BCUT2D eigenvalue weighted by Gasteiger charge is -2.14.